The lowest BCUT2D eigenvalue weighted by Crippen LogP contribution is -2.30. The lowest BCUT2D eigenvalue weighted by atomic mass is 10.1. The Balaban J connectivity index is 4.50. The van der Waals surface area contributed by atoms with E-state index in [9.17, 15) is 14.4 Å². The van der Waals surface area contributed by atoms with E-state index in [0.717, 1.165) is 122 Å². The van der Waals surface area contributed by atoms with Crippen LogP contribution in [0.4, 0.5) is 0 Å². The van der Waals surface area contributed by atoms with Gasteiger partial charge in [0.15, 0.2) is 6.10 Å². The van der Waals surface area contributed by atoms with Crippen LogP contribution < -0.4 is 0 Å². The lowest BCUT2D eigenvalue weighted by molar-refractivity contribution is -0.167. The van der Waals surface area contributed by atoms with Gasteiger partial charge < -0.3 is 14.2 Å². The van der Waals surface area contributed by atoms with E-state index in [1.165, 1.54) is 32.1 Å². The Morgan fingerprint density at radius 1 is 0.361 bits per heavy atom. The van der Waals surface area contributed by atoms with Gasteiger partial charge in [-0.3, -0.25) is 14.4 Å². The summed E-state index contributed by atoms with van der Waals surface area (Å²) in [7, 11) is 0. The van der Waals surface area contributed by atoms with E-state index in [1.807, 2.05) is 36.5 Å². The Morgan fingerprint density at radius 2 is 0.721 bits per heavy atom. The molecular formula is C55H88O6. The fourth-order valence-electron chi connectivity index (χ4n) is 6.25. The average Bonchev–Trinajstić information content (AvgIpc) is 3.26. The second kappa shape index (κ2) is 48.7. The highest BCUT2D eigenvalue weighted by Crippen LogP contribution is 2.12. The van der Waals surface area contributed by atoms with Crippen molar-refractivity contribution >= 4 is 17.9 Å². The number of allylic oxidation sites excluding steroid dienone is 18. The number of unbranched alkanes of at least 4 members (excludes halogenated alkanes) is 18. The first-order valence-electron chi connectivity index (χ1n) is 24.5. The highest BCUT2D eigenvalue weighted by molar-refractivity contribution is 5.71. The first-order chi connectivity index (χ1) is 30.0. The zero-order valence-corrected chi connectivity index (χ0v) is 39.1. The Morgan fingerprint density at radius 3 is 1.20 bits per heavy atom. The second-order valence-electron chi connectivity index (χ2n) is 15.8. The van der Waals surface area contributed by atoms with Crippen molar-refractivity contribution in [2.24, 2.45) is 0 Å². The van der Waals surface area contributed by atoms with Crippen molar-refractivity contribution in [3.8, 4) is 0 Å². The van der Waals surface area contributed by atoms with Gasteiger partial charge in [0.1, 0.15) is 13.2 Å². The molecule has 0 aliphatic rings. The zero-order chi connectivity index (χ0) is 44.4. The highest BCUT2D eigenvalue weighted by Gasteiger charge is 2.19. The maximum Gasteiger partial charge on any atom is 0.306 e. The molecule has 0 heterocycles. The van der Waals surface area contributed by atoms with Gasteiger partial charge in [-0.15, -0.1) is 0 Å². The SMILES string of the molecule is CC\C=C/C=C\C=C/C=C\CCCCCC(=O)OC(COC(=O)CCCCCCC\C=C/C=C\C=C/CCCCCCC)COC(=O)CCCCCCC/C=C\C/C=C\CC. The van der Waals surface area contributed by atoms with E-state index >= 15 is 0 Å². The van der Waals surface area contributed by atoms with Crippen molar-refractivity contribution in [2.75, 3.05) is 13.2 Å². The summed E-state index contributed by atoms with van der Waals surface area (Å²) in [5, 5.41) is 0. The van der Waals surface area contributed by atoms with Crippen molar-refractivity contribution in [3.05, 3.63) is 109 Å². The van der Waals surface area contributed by atoms with Crippen LogP contribution in [0.15, 0.2) is 109 Å². The normalized spacial score (nSPS) is 13.0. The number of hydrogen-bond acceptors (Lipinski definition) is 6. The molecule has 0 rings (SSSR count). The zero-order valence-electron chi connectivity index (χ0n) is 39.1. The summed E-state index contributed by atoms with van der Waals surface area (Å²) in [5.41, 5.74) is 0. The number of hydrogen-bond donors (Lipinski definition) is 0. The predicted octanol–water partition coefficient (Wildman–Crippen LogP) is 16.0. The monoisotopic (exact) mass is 845 g/mol. The largest absolute Gasteiger partial charge is 0.462 e. The molecule has 0 spiro atoms. The average molecular weight is 845 g/mol. The molecular weight excluding hydrogens is 757 g/mol. The molecule has 0 aromatic carbocycles. The van der Waals surface area contributed by atoms with Crippen molar-refractivity contribution in [2.45, 2.75) is 207 Å². The molecule has 0 aromatic rings. The molecule has 0 N–H and O–H groups in total. The minimum absolute atomic E-state index is 0.111. The van der Waals surface area contributed by atoms with Gasteiger partial charge in [0.2, 0.25) is 0 Å². The van der Waals surface area contributed by atoms with Gasteiger partial charge in [-0.2, -0.15) is 0 Å². The van der Waals surface area contributed by atoms with Gasteiger partial charge in [-0.1, -0.05) is 201 Å². The maximum atomic E-state index is 12.7. The first kappa shape index (κ1) is 57.1. The lowest BCUT2D eigenvalue weighted by Gasteiger charge is -2.18. The molecule has 0 amide bonds. The van der Waals surface area contributed by atoms with E-state index < -0.39 is 6.10 Å². The van der Waals surface area contributed by atoms with Crippen LogP contribution in [0, 0.1) is 0 Å². The second-order valence-corrected chi connectivity index (χ2v) is 15.8. The molecule has 0 fully saturated rings. The van der Waals surface area contributed by atoms with E-state index in [4.69, 9.17) is 14.2 Å². The summed E-state index contributed by atoms with van der Waals surface area (Å²) < 4.78 is 16.7. The molecule has 0 radical (unpaired) electrons. The summed E-state index contributed by atoms with van der Waals surface area (Å²) in [4.78, 5) is 37.9. The minimum Gasteiger partial charge on any atom is -0.462 e. The van der Waals surface area contributed by atoms with Crippen LogP contribution in [0.1, 0.15) is 201 Å². The van der Waals surface area contributed by atoms with Gasteiger partial charge in [-0.05, 0) is 89.9 Å². The smallest absolute Gasteiger partial charge is 0.306 e. The van der Waals surface area contributed by atoms with Crippen molar-refractivity contribution in [1.82, 2.24) is 0 Å². The van der Waals surface area contributed by atoms with Gasteiger partial charge in [0.05, 0.1) is 0 Å². The fourth-order valence-corrected chi connectivity index (χ4v) is 6.25. The van der Waals surface area contributed by atoms with Gasteiger partial charge >= 0.3 is 17.9 Å². The van der Waals surface area contributed by atoms with Crippen LogP contribution in [-0.2, 0) is 28.6 Å². The summed E-state index contributed by atoms with van der Waals surface area (Å²) in [5.74, 6) is -0.993. The van der Waals surface area contributed by atoms with Gasteiger partial charge in [-0.25, -0.2) is 0 Å². The third kappa shape index (κ3) is 47.0. The van der Waals surface area contributed by atoms with Crippen LogP contribution in [-0.4, -0.2) is 37.2 Å². The molecule has 0 bridgehead atoms. The quantitative estimate of drug-likeness (QED) is 0.0200. The van der Waals surface area contributed by atoms with Crippen LogP contribution in [0.2, 0.25) is 0 Å². The van der Waals surface area contributed by atoms with Crippen LogP contribution in [0.5, 0.6) is 0 Å². The Labute approximate surface area is 374 Å². The van der Waals surface area contributed by atoms with Crippen molar-refractivity contribution in [1.29, 1.82) is 0 Å². The summed E-state index contributed by atoms with van der Waals surface area (Å²) in [6.45, 7) is 6.28. The molecule has 0 aliphatic carbocycles. The fraction of sp³-hybridized carbons (Fsp3) is 0.618. The topological polar surface area (TPSA) is 78.9 Å². The van der Waals surface area contributed by atoms with Crippen LogP contribution in [0.3, 0.4) is 0 Å². The molecule has 344 valence electrons. The van der Waals surface area contributed by atoms with Crippen LogP contribution >= 0.6 is 0 Å². The highest BCUT2D eigenvalue weighted by atomic mass is 16.6. The molecule has 0 aliphatic heterocycles. The number of ether oxygens (including phenoxy) is 3. The molecule has 0 aromatic heterocycles. The Hall–Kier alpha value is -3.93. The molecule has 1 unspecified atom stereocenters. The summed E-state index contributed by atoms with van der Waals surface area (Å²) >= 11 is 0. The van der Waals surface area contributed by atoms with Crippen LogP contribution in [0.25, 0.3) is 0 Å². The Kier molecular flexibility index (Phi) is 45.6. The molecule has 6 heteroatoms. The Bertz CT molecular complexity index is 1290. The van der Waals surface area contributed by atoms with Crippen molar-refractivity contribution in [3.63, 3.8) is 0 Å². The molecule has 6 nitrogen and oxygen atoms in total. The van der Waals surface area contributed by atoms with E-state index in [1.54, 1.807) is 0 Å². The van der Waals surface area contributed by atoms with Crippen molar-refractivity contribution < 1.29 is 28.6 Å². The molecule has 0 saturated carbocycles. The third-order valence-electron chi connectivity index (χ3n) is 9.90. The van der Waals surface area contributed by atoms with E-state index in [2.05, 4.69) is 93.7 Å². The summed E-state index contributed by atoms with van der Waals surface area (Å²) in [6, 6.07) is 0. The third-order valence-corrected chi connectivity index (χ3v) is 9.90. The van der Waals surface area contributed by atoms with E-state index in [0.29, 0.717) is 19.3 Å². The number of carbonyl (C=O) groups is 3. The number of esters is 3. The van der Waals surface area contributed by atoms with Gasteiger partial charge in [0.25, 0.3) is 0 Å². The number of carbonyl (C=O) groups excluding carboxylic acids is 3. The summed E-state index contributed by atoms with van der Waals surface area (Å²) in [6.07, 6.45) is 65.0. The molecule has 0 saturated heterocycles. The minimum atomic E-state index is -0.814. The van der Waals surface area contributed by atoms with Gasteiger partial charge in [0, 0.05) is 19.3 Å². The number of rotatable bonds is 42. The molecule has 1 atom stereocenters. The maximum absolute atomic E-state index is 12.7. The standard InChI is InChI=1S/C55H88O6/c1-4-7-10-13-16-19-22-25-26-27-28-29-31-33-36-39-42-45-48-54(57)60-51-52(50-59-53(56)47-44-41-38-35-32-24-21-18-15-12-9-6-3)61-55(58)49-46-43-40-37-34-30-23-20-17-14-11-8-5-2/h8-9,11-12,14,17-18,20-23,25-30,34,52H,4-7,10,13,15-16,19,24,31-33,35-51H2,1-3H3/b11-8-,12-9-,17-14-,21-18-,23-20-,25-22-,27-26-,29-28-,34-30-. The van der Waals surface area contributed by atoms with E-state index in [-0.39, 0.29) is 37.5 Å². The first-order valence-corrected chi connectivity index (χ1v) is 24.5. The predicted molar refractivity (Wildman–Crippen MR) is 260 cm³/mol. The molecule has 61 heavy (non-hydrogen) atoms.